The molecule has 0 heterocycles. The van der Waals surface area contributed by atoms with Crippen molar-refractivity contribution in [1.29, 1.82) is 0 Å². The van der Waals surface area contributed by atoms with Gasteiger partial charge in [0.2, 0.25) is 9.70 Å². The number of alkyl halides is 3. The number of hydrogen-bond donors (Lipinski definition) is 2. The predicted molar refractivity (Wildman–Crippen MR) is 136 cm³/mol. The zero-order chi connectivity index (χ0) is 22.2. The zero-order valence-electron chi connectivity index (χ0n) is 18.0. The molecular formula is C23H36BrCl3N2O. The molecule has 0 spiro atoms. The molecule has 0 aliphatic carbocycles. The Kier molecular flexibility index (Phi) is 15.3. The lowest BCUT2D eigenvalue weighted by Crippen LogP contribution is -2.49. The SMILES string of the molecule is CCCCCCCCCCCCCCC(=O)N[C@@H](Nc1ccccc1Br)C(Cl)(Cl)Cl. The van der Waals surface area contributed by atoms with Crippen molar-refractivity contribution in [2.45, 2.75) is 100 Å². The van der Waals surface area contributed by atoms with Gasteiger partial charge in [-0.25, -0.2) is 0 Å². The van der Waals surface area contributed by atoms with E-state index in [2.05, 4.69) is 33.5 Å². The number of halogens is 4. The molecule has 3 nitrogen and oxygen atoms in total. The van der Waals surface area contributed by atoms with Crippen LogP contribution in [0.25, 0.3) is 0 Å². The van der Waals surface area contributed by atoms with Gasteiger partial charge in [0, 0.05) is 10.9 Å². The van der Waals surface area contributed by atoms with Crippen LogP contribution in [-0.4, -0.2) is 15.9 Å². The van der Waals surface area contributed by atoms with Crippen LogP contribution in [0.5, 0.6) is 0 Å². The molecule has 0 aliphatic rings. The van der Waals surface area contributed by atoms with E-state index in [1.807, 2.05) is 24.3 Å². The summed E-state index contributed by atoms with van der Waals surface area (Å²) in [4.78, 5) is 12.3. The Morgan fingerprint density at radius 1 is 0.900 bits per heavy atom. The molecule has 0 unspecified atom stereocenters. The van der Waals surface area contributed by atoms with Gasteiger partial charge in [0.15, 0.2) is 0 Å². The number of anilines is 1. The second-order valence-corrected chi connectivity index (χ2v) is 11.0. The van der Waals surface area contributed by atoms with Crippen LogP contribution in [-0.2, 0) is 4.79 Å². The van der Waals surface area contributed by atoms with Crippen LogP contribution >= 0.6 is 50.7 Å². The van der Waals surface area contributed by atoms with E-state index in [0.717, 1.165) is 23.0 Å². The Labute approximate surface area is 206 Å². The third-order valence-corrected chi connectivity index (χ3v) is 6.41. The lowest BCUT2D eigenvalue weighted by Gasteiger charge is -2.28. The Bertz CT molecular complexity index is 596. The van der Waals surface area contributed by atoms with Gasteiger partial charge < -0.3 is 10.6 Å². The molecule has 0 fully saturated rings. The molecule has 0 radical (unpaired) electrons. The molecule has 0 aliphatic heterocycles. The van der Waals surface area contributed by atoms with Gasteiger partial charge in [-0.3, -0.25) is 4.79 Å². The summed E-state index contributed by atoms with van der Waals surface area (Å²) in [6.45, 7) is 2.25. The molecular weight excluding hydrogens is 507 g/mol. The van der Waals surface area contributed by atoms with E-state index in [4.69, 9.17) is 34.8 Å². The molecule has 1 rings (SSSR count). The van der Waals surface area contributed by atoms with Crippen molar-refractivity contribution in [2.24, 2.45) is 0 Å². The highest BCUT2D eigenvalue weighted by molar-refractivity contribution is 9.10. The molecule has 172 valence electrons. The van der Waals surface area contributed by atoms with Gasteiger partial charge in [-0.2, -0.15) is 0 Å². The van der Waals surface area contributed by atoms with E-state index in [1.165, 1.54) is 64.2 Å². The van der Waals surface area contributed by atoms with Crippen LogP contribution in [0.4, 0.5) is 5.69 Å². The first kappa shape index (κ1) is 27.9. The van der Waals surface area contributed by atoms with Crippen LogP contribution in [0.1, 0.15) is 90.4 Å². The Morgan fingerprint density at radius 2 is 1.40 bits per heavy atom. The summed E-state index contributed by atoms with van der Waals surface area (Å²) in [5, 5.41) is 5.90. The predicted octanol–water partition coefficient (Wildman–Crippen LogP) is 8.76. The van der Waals surface area contributed by atoms with Crippen LogP contribution < -0.4 is 10.6 Å². The van der Waals surface area contributed by atoms with E-state index in [1.54, 1.807) is 0 Å². The summed E-state index contributed by atoms with van der Waals surface area (Å²) in [5.74, 6) is -0.113. The van der Waals surface area contributed by atoms with Crippen molar-refractivity contribution in [3.63, 3.8) is 0 Å². The average Bonchev–Trinajstić information content (AvgIpc) is 2.69. The summed E-state index contributed by atoms with van der Waals surface area (Å²) in [6, 6.07) is 7.50. The van der Waals surface area contributed by atoms with Crippen molar-refractivity contribution >= 4 is 62.3 Å². The molecule has 7 heteroatoms. The smallest absolute Gasteiger partial charge is 0.228 e. The fourth-order valence-electron chi connectivity index (χ4n) is 3.29. The molecule has 0 aromatic heterocycles. The lowest BCUT2D eigenvalue weighted by molar-refractivity contribution is -0.121. The van der Waals surface area contributed by atoms with Crippen molar-refractivity contribution < 1.29 is 4.79 Å². The maximum Gasteiger partial charge on any atom is 0.228 e. The van der Waals surface area contributed by atoms with Gasteiger partial charge in [0.05, 0.1) is 5.69 Å². The third kappa shape index (κ3) is 13.3. The number of hydrogen-bond acceptors (Lipinski definition) is 2. The standard InChI is InChI=1S/C23H36BrCl3N2O/c1-2-3-4-5-6-7-8-9-10-11-12-13-18-21(30)29-22(23(25,26)27)28-20-17-15-14-16-19(20)24/h14-17,22,28H,2-13,18H2,1H3,(H,29,30)/t22-/m1/s1. The second kappa shape index (κ2) is 16.5. The van der Waals surface area contributed by atoms with E-state index in [-0.39, 0.29) is 5.91 Å². The Hall–Kier alpha value is -0.160. The summed E-state index contributed by atoms with van der Waals surface area (Å²) in [7, 11) is 0. The highest BCUT2D eigenvalue weighted by atomic mass is 79.9. The first-order chi connectivity index (χ1) is 14.3. The molecule has 0 saturated carbocycles. The minimum Gasteiger partial charge on any atom is -0.361 e. The number of nitrogens with one attached hydrogen (secondary N) is 2. The largest absolute Gasteiger partial charge is 0.361 e. The second-order valence-electron chi connectivity index (χ2n) is 7.81. The van der Waals surface area contributed by atoms with E-state index in [9.17, 15) is 4.79 Å². The first-order valence-electron chi connectivity index (χ1n) is 11.2. The summed E-state index contributed by atoms with van der Waals surface area (Å²) < 4.78 is -0.832. The van der Waals surface area contributed by atoms with Crippen LogP contribution in [0.15, 0.2) is 28.7 Å². The molecule has 0 saturated heterocycles. The number of para-hydroxylation sites is 1. The maximum absolute atomic E-state index is 12.3. The fraction of sp³-hybridized carbons (Fsp3) is 0.696. The Balaban J connectivity index is 2.17. The molecule has 1 atom stereocenters. The summed E-state index contributed by atoms with van der Waals surface area (Å²) in [6.07, 6.45) is 14.8. The molecule has 1 amide bonds. The van der Waals surface area contributed by atoms with Crippen molar-refractivity contribution in [3.8, 4) is 0 Å². The quantitative estimate of drug-likeness (QED) is 0.125. The van der Waals surface area contributed by atoms with Crippen LogP contribution in [0, 0.1) is 0 Å². The van der Waals surface area contributed by atoms with Gasteiger partial charge in [0.25, 0.3) is 0 Å². The molecule has 0 bridgehead atoms. The summed E-state index contributed by atoms with van der Waals surface area (Å²) >= 11 is 21.6. The summed E-state index contributed by atoms with van der Waals surface area (Å²) in [5.41, 5.74) is 0.750. The van der Waals surface area contributed by atoms with E-state index < -0.39 is 9.96 Å². The van der Waals surface area contributed by atoms with Gasteiger partial charge in [0.1, 0.15) is 6.17 Å². The van der Waals surface area contributed by atoms with Crippen molar-refractivity contribution in [2.75, 3.05) is 5.32 Å². The third-order valence-electron chi connectivity index (χ3n) is 5.06. The molecule has 1 aromatic rings. The van der Waals surface area contributed by atoms with Gasteiger partial charge in [-0.05, 0) is 34.5 Å². The highest BCUT2D eigenvalue weighted by Gasteiger charge is 2.34. The normalized spacial score (nSPS) is 12.6. The van der Waals surface area contributed by atoms with Crippen LogP contribution in [0.3, 0.4) is 0 Å². The highest BCUT2D eigenvalue weighted by Crippen LogP contribution is 2.32. The van der Waals surface area contributed by atoms with E-state index >= 15 is 0 Å². The molecule has 30 heavy (non-hydrogen) atoms. The number of amides is 1. The number of carbonyl (C=O) groups excluding carboxylic acids is 1. The zero-order valence-corrected chi connectivity index (χ0v) is 21.9. The molecule has 2 N–H and O–H groups in total. The Morgan fingerprint density at radius 3 is 1.90 bits per heavy atom. The monoisotopic (exact) mass is 540 g/mol. The van der Waals surface area contributed by atoms with Gasteiger partial charge in [-0.1, -0.05) is 124 Å². The minimum absolute atomic E-state index is 0.113. The fourth-order valence-corrected chi connectivity index (χ4v) is 4.02. The van der Waals surface area contributed by atoms with Gasteiger partial charge >= 0.3 is 0 Å². The average molecular weight is 543 g/mol. The maximum atomic E-state index is 12.3. The van der Waals surface area contributed by atoms with E-state index in [0.29, 0.717) is 6.42 Å². The molecule has 1 aromatic carbocycles. The number of unbranched alkanes of at least 4 members (excludes halogenated alkanes) is 11. The minimum atomic E-state index is -1.67. The van der Waals surface area contributed by atoms with Crippen LogP contribution in [0.2, 0.25) is 0 Å². The van der Waals surface area contributed by atoms with Crippen molar-refractivity contribution in [1.82, 2.24) is 5.32 Å². The number of carbonyl (C=O) groups is 1. The number of rotatable bonds is 16. The first-order valence-corrected chi connectivity index (χ1v) is 13.1. The number of benzene rings is 1. The lowest BCUT2D eigenvalue weighted by atomic mass is 10.0. The topological polar surface area (TPSA) is 41.1 Å². The van der Waals surface area contributed by atoms with Crippen molar-refractivity contribution in [3.05, 3.63) is 28.7 Å². The van der Waals surface area contributed by atoms with Gasteiger partial charge in [-0.15, -0.1) is 0 Å².